The van der Waals surface area contributed by atoms with Gasteiger partial charge in [0, 0.05) is 24.7 Å². The second-order valence-electron chi connectivity index (χ2n) is 6.93. The van der Waals surface area contributed by atoms with Crippen molar-refractivity contribution in [2.45, 2.75) is 18.6 Å². The summed E-state index contributed by atoms with van der Waals surface area (Å²) in [5.74, 6) is -1.62. The van der Waals surface area contributed by atoms with Crippen LogP contribution < -0.4 is 4.74 Å². The van der Waals surface area contributed by atoms with Gasteiger partial charge in [0.2, 0.25) is 0 Å². The van der Waals surface area contributed by atoms with Crippen LogP contribution in [0.25, 0.3) is 0 Å². The number of ether oxygens (including phenoxy) is 3. The molecule has 8 heteroatoms. The van der Waals surface area contributed by atoms with Gasteiger partial charge in [-0.2, -0.15) is 5.26 Å². The number of allylic oxidation sites excluding steroid dienone is 3. The molecule has 2 atom stereocenters. The van der Waals surface area contributed by atoms with E-state index in [0.29, 0.717) is 31.8 Å². The van der Waals surface area contributed by atoms with Crippen molar-refractivity contribution in [2.24, 2.45) is 11.8 Å². The smallest absolute Gasteiger partial charge is 0.176 e. The fraction of sp³-hybridized carbons (Fsp3) is 0.421. The molecule has 142 valence electrons. The highest BCUT2D eigenvalue weighted by atomic mass is 32.2. The summed E-state index contributed by atoms with van der Waals surface area (Å²) in [6.45, 7) is 0.825. The number of hydrogen-bond donors (Lipinski definition) is 0. The van der Waals surface area contributed by atoms with Gasteiger partial charge in [-0.3, -0.25) is 0 Å². The molecule has 1 aliphatic heterocycles. The van der Waals surface area contributed by atoms with Gasteiger partial charge in [0.15, 0.2) is 15.6 Å². The predicted octanol–water partition coefficient (Wildman–Crippen LogP) is 2.67. The Bertz CT molecular complexity index is 986. The molecule has 2 unspecified atom stereocenters. The van der Waals surface area contributed by atoms with Crippen LogP contribution in [0.3, 0.4) is 0 Å². The zero-order chi connectivity index (χ0) is 19.2. The van der Waals surface area contributed by atoms with E-state index in [2.05, 4.69) is 0 Å². The molecule has 1 aromatic carbocycles. The lowest BCUT2D eigenvalue weighted by Gasteiger charge is -2.35. The largest absolute Gasteiger partial charge is 0.461 e. The summed E-state index contributed by atoms with van der Waals surface area (Å²) in [6.07, 6.45) is 5.44. The van der Waals surface area contributed by atoms with Crippen LogP contribution in [0.5, 0.6) is 5.75 Å². The van der Waals surface area contributed by atoms with Crippen molar-refractivity contribution in [1.82, 2.24) is 0 Å². The quantitative estimate of drug-likeness (QED) is 0.788. The summed E-state index contributed by atoms with van der Waals surface area (Å²) in [5.41, 5.74) is 0.149. The van der Waals surface area contributed by atoms with E-state index in [1.807, 2.05) is 6.07 Å². The van der Waals surface area contributed by atoms with E-state index in [4.69, 9.17) is 19.5 Å². The first-order valence-electron chi connectivity index (χ1n) is 8.61. The molecule has 0 radical (unpaired) electrons. The topological polar surface area (TPSA) is 85.6 Å². The van der Waals surface area contributed by atoms with Crippen LogP contribution in [0, 0.1) is 29.0 Å². The fourth-order valence-corrected chi connectivity index (χ4v) is 5.30. The number of sulfone groups is 1. The van der Waals surface area contributed by atoms with E-state index in [1.165, 1.54) is 24.5 Å². The summed E-state index contributed by atoms with van der Waals surface area (Å²) in [7, 11) is -3.46. The third kappa shape index (κ3) is 3.16. The molecule has 6 nitrogen and oxygen atoms in total. The maximum atomic E-state index is 13.7. The van der Waals surface area contributed by atoms with Crippen molar-refractivity contribution in [1.29, 1.82) is 5.26 Å². The van der Waals surface area contributed by atoms with Crippen molar-refractivity contribution in [2.75, 3.05) is 19.5 Å². The van der Waals surface area contributed by atoms with Crippen molar-refractivity contribution in [3.8, 4) is 11.8 Å². The predicted molar refractivity (Wildman–Crippen MR) is 93.6 cm³/mol. The third-order valence-corrected chi connectivity index (χ3v) is 6.45. The van der Waals surface area contributed by atoms with E-state index >= 15 is 0 Å². The summed E-state index contributed by atoms with van der Waals surface area (Å²) in [5, 5.41) is 9.01. The standard InChI is InChI=1S/C19H18FNO5S/c1-27(22,23)17-3-2-16(26-14-9-12(11-21)8-13(20)10-14)15-4-5-19(18(15)17)24-6-7-25-19/h2-3,8-10,15,18H,4-7H2,1H3. The van der Waals surface area contributed by atoms with E-state index in [9.17, 15) is 12.8 Å². The van der Waals surface area contributed by atoms with Gasteiger partial charge in [0.25, 0.3) is 0 Å². The monoisotopic (exact) mass is 391 g/mol. The number of halogens is 1. The molecular formula is C19H18FNO5S. The van der Waals surface area contributed by atoms with Gasteiger partial charge in [-0.05, 0) is 30.7 Å². The minimum Gasteiger partial charge on any atom is -0.461 e. The first-order chi connectivity index (χ1) is 12.8. The molecule has 1 heterocycles. The maximum absolute atomic E-state index is 13.7. The number of nitriles is 1. The van der Waals surface area contributed by atoms with Crippen LogP contribution in [-0.2, 0) is 19.3 Å². The zero-order valence-corrected chi connectivity index (χ0v) is 15.5. The Hall–Kier alpha value is -2.21. The fourth-order valence-electron chi connectivity index (χ4n) is 4.18. The zero-order valence-electron chi connectivity index (χ0n) is 14.6. The summed E-state index contributed by atoms with van der Waals surface area (Å²) >= 11 is 0. The highest BCUT2D eigenvalue weighted by molar-refractivity contribution is 7.94. The average molecular weight is 391 g/mol. The van der Waals surface area contributed by atoms with Crippen molar-refractivity contribution in [3.63, 3.8) is 0 Å². The number of nitrogens with zero attached hydrogens (tertiary/aromatic N) is 1. The van der Waals surface area contributed by atoms with Gasteiger partial charge in [-0.1, -0.05) is 0 Å². The minimum atomic E-state index is -3.46. The van der Waals surface area contributed by atoms with Crippen molar-refractivity contribution in [3.05, 3.63) is 52.4 Å². The van der Waals surface area contributed by atoms with Gasteiger partial charge >= 0.3 is 0 Å². The third-order valence-electron chi connectivity index (χ3n) is 5.20. The second kappa shape index (κ2) is 6.44. The molecule has 2 aliphatic carbocycles. The van der Waals surface area contributed by atoms with E-state index in [0.717, 1.165) is 6.07 Å². The van der Waals surface area contributed by atoms with Crippen LogP contribution in [0.15, 0.2) is 41.0 Å². The Kier molecular flexibility index (Phi) is 4.34. The van der Waals surface area contributed by atoms with Gasteiger partial charge < -0.3 is 14.2 Å². The van der Waals surface area contributed by atoms with Crippen LogP contribution in [0.4, 0.5) is 4.39 Å². The SMILES string of the molecule is CS(=O)(=O)C1=CC=C(Oc2cc(F)cc(C#N)c2)C2CCC3(OCCO3)C12. The van der Waals surface area contributed by atoms with Gasteiger partial charge in [0.1, 0.15) is 17.3 Å². The van der Waals surface area contributed by atoms with Crippen LogP contribution in [0.2, 0.25) is 0 Å². The molecule has 1 aromatic rings. The molecule has 1 spiro atoms. The maximum Gasteiger partial charge on any atom is 0.176 e. The lowest BCUT2D eigenvalue weighted by Crippen LogP contribution is -2.41. The Balaban J connectivity index is 1.73. The first kappa shape index (κ1) is 18.2. The highest BCUT2D eigenvalue weighted by Crippen LogP contribution is 2.54. The van der Waals surface area contributed by atoms with E-state index in [1.54, 1.807) is 6.08 Å². The highest BCUT2D eigenvalue weighted by Gasteiger charge is 2.58. The molecule has 0 N–H and O–H groups in total. The molecule has 2 fully saturated rings. The minimum absolute atomic E-state index is 0.149. The number of fused-ring (bicyclic) bond motifs is 2. The first-order valence-corrected chi connectivity index (χ1v) is 10.5. The lowest BCUT2D eigenvalue weighted by atomic mass is 9.87. The Morgan fingerprint density at radius 2 is 2.00 bits per heavy atom. The number of rotatable bonds is 3. The van der Waals surface area contributed by atoms with Crippen molar-refractivity contribution < 1.29 is 27.0 Å². The second-order valence-corrected chi connectivity index (χ2v) is 8.95. The van der Waals surface area contributed by atoms with Gasteiger partial charge in [-0.15, -0.1) is 0 Å². The normalized spacial score (nSPS) is 26.3. The lowest BCUT2D eigenvalue weighted by molar-refractivity contribution is -0.175. The van der Waals surface area contributed by atoms with E-state index in [-0.39, 0.29) is 22.1 Å². The molecule has 0 bridgehead atoms. The van der Waals surface area contributed by atoms with E-state index < -0.39 is 27.4 Å². The molecule has 1 saturated carbocycles. The molecule has 3 aliphatic rings. The molecule has 0 aromatic heterocycles. The van der Waals surface area contributed by atoms with Gasteiger partial charge in [0.05, 0.1) is 35.7 Å². The van der Waals surface area contributed by atoms with Crippen molar-refractivity contribution >= 4 is 9.84 Å². The Labute approximate surface area is 156 Å². The Morgan fingerprint density at radius 1 is 1.26 bits per heavy atom. The number of benzene rings is 1. The Morgan fingerprint density at radius 3 is 2.67 bits per heavy atom. The summed E-state index contributed by atoms with van der Waals surface area (Å²) in [4.78, 5) is 0.260. The molecule has 27 heavy (non-hydrogen) atoms. The molecule has 1 saturated heterocycles. The van der Waals surface area contributed by atoms with Crippen LogP contribution in [0.1, 0.15) is 18.4 Å². The number of hydrogen-bond acceptors (Lipinski definition) is 6. The summed E-state index contributed by atoms with van der Waals surface area (Å²) in [6, 6.07) is 5.65. The average Bonchev–Trinajstić information content (AvgIpc) is 3.23. The molecular weight excluding hydrogens is 373 g/mol. The van der Waals surface area contributed by atoms with Crippen LogP contribution >= 0.6 is 0 Å². The molecule has 4 rings (SSSR count). The van der Waals surface area contributed by atoms with Gasteiger partial charge in [-0.25, -0.2) is 12.8 Å². The van der Waals surface area contributed by atoms with Crippen LogP contribution in [-0.4, -0.2) is 33.7 Å². The summed E-state index contributed by atoms with van der Waals surface area (Å²) < 4.78 is 55.9. The molecule has 0 amide bonds.